The van der Waals surface area contributed by atoms with Crippen LogP contribution >= 0.6 is 23.2 Å². The second-order valence-electron chi connectivity index (χ2n) is 5.38. The standard InChI is InChI=1S/C14H16Cl2O4/c1-14(2,3)20-13(19)9(12(17)18)6-8-4-5-10(15)11(16)7-8/h4-5,7,9H,6H2,1-3H3,(H,17,18)/t9-/m0/s1. The molecule has 0 fully saturated rings. The molecule has 20 heavy (non-hydrogen) atoms. The van der Waals surface area contributed by atoms with Crippen molar-refractivity contribution < 1.29 is 19.4 Å². The van der Waals surface area contributed by atoms with Gasteiger partial charge in [0.2, 0.25) is 0 Å². The number of rotatable bonds is 4. The highest BCUT2D eigenvalue weighted by atomic mass is 35.5. The summed E-state index contributed by atoms with van der Waals surface area (Å²) in [5.74, 6) is -3.27. The van der Waals surface area contributed by atoms with Gasteiger partial charge in [-0.1, -0.05) is 29.3 Å². The molecule has 110 valence electrons. The van der Waals surface area contributed by atoms with E-state index in [-0.39, 0.29) is 6.42 Å². The van der Waals surface area contributed by atoms with Gasteiger partial charge in [-0.05, 0) is 44.9 Å². The van der Waals surface area contributed by atoms with Crippen LogP contribution in [0, 0.1) is 5.92 Å². The quantitative estimate of drug-likeness (QED) is 0.680. The molecule has 0 aliphatic carbocycles. The summed E-state index contributed by atoms with van der Waals surface area (Å²) in [7, 11) is 0. The van der Waals surface area contributed by atoms with Crippen LogP contribution in [-0.2, 0) is 20.7 Å². The van der Waals surface area contributed by atoms with Crippen LogP contribution in [0.25, 0.3) is 0 Å². The largest absolute Gasteiger partial charge is 0.481 e. The van der Waals surface area contributed by atoms with E-state index in [1.54, 1.807) is 39.0 Å². The van der Waals surface area contributed by atoms with E-state index >= 15 is 0 Å². The Morgan fingerprint density at radius 1 is 1.25 bits per heavy atom. The second-order valence-corrected chi connectivity index (χ2v) is 6.19. The first-order valence-electron chi connectivity index (χ1n) is 6.00. The minimum Gasteiger partial charge on any atom is -0.481 e. The van der Waals surface area contributed by atoms with Crippen molar-refractivity contribution in [1.82, 2.24) is 0 Å². The molecule has 0 heterocycles. The molecule has 0 saturated carbocycles. The predicted octanol–water partition coefficient (Wildman–Crippen LogP) is 3.58. The Morgan fingerprint density at radius 2 is 1.85 bits per heavy atom. The summed E-state index contributed by atoms with van der Waals surface area (Å²) in [5.41, 5.74) is -0.125. The fraction of sp³-hybridized carbons (Fsp3) is 0.429. The van der Waals surface area contributed by atoms with E-state index < -0.39 is 23.5 Å². The molecular weight excluding hydrogens is 303 g/mol. The first-order valence-corrected chi connectivity index (χ1v) is 6.75. The average molecular weight is 319 g/mol. The Bertz CT molecular complexity index is 520. The van der Waals surface area contributed by atoms with Crippen molar-refractivity contribution >= 4 is 35.1 Å². The van der Waals surface area contributed by atoms with Crippen molar-refractivity contribution in [3.05, 3.63) is 33.8 Å². The minimum atomic E-state index is -1.27. The molecule has 0 radical (unpaired) electrons. The van der Waals surface area contributed by atoms with Gasteiger partial charge >= 0.3 is 11.9 Å². The van der Waals surface area contributed by atoms with Crippen LogP contribution in [0.3, 0.4) is 0 Å². The summed E-state index contributed by atoms with van der Waals surface area (Å²) >= 11 is 11.7. The van der Waals surface area contributed by atoms with Crippen LogP contribution in [0.5, 0.6) is 0 Å². The maximum atomic E-state index is 11.9. The van der Waals surface area contributed by atoms with Crippen LogP contribution in [-0.4, -0.2) is 22.6 Å². The maximum Gasteiger partial charge on any atom is 0.321 e. The number of aliphatic carboxylic acids is 1. The summed E-state index contributed by atoms with van der Waals surface area (Å²) < 4.78 is 5.11. The Hall–Kier alpha value is -1.26. The minimum absolute atomic E-state index is 0.00113. The zero-order valence-corrected chi connectivity index (χ0v) is 13.0. The second kappa shape index (κ2) is 6.46. The topological polar surface area (TPSA) is 63.6 Å². The maximum absolute atomic E-state index is 11.9. The van der Waals surface area contributed by atoms with E-state index in [9.17, 15) is 9.59 Å². The number of carboxylic acid groups (broad SMARTS) is 1. The van der Waals surface area contributed by atoms with E-state index in [1.807, 2.05) is 0 Å². The molecule has 1 rings (SSSR count). The molecule has 1 N–H and O–H groups in total. The van der Waals surface area contributed by atoms with E-state index in [4.69, 9.17) is 33.0 Å². The number of hydrogen-bond acceptors (Lipinski definition) is 3. The molecule has 0 aliphatic heterocycles. The zero-order chi connectivity index (χ0) is 15.5. The van der Waals surface area contributed by atoms with Crippen molar-refractivity contribution in [2.75, 3.05) is 0 Å². The normalized spacial score (nSPS) is 12.8. The van der Waals surface area contributed by atoms with Crippen LogP contribution in [0.4, 0.5) is 0 Å². The Labute approximate surface area is 127 Å². The monoisotopic (exact) mass is 318 g/mol. The lowest BCUT2D eigenvalue weighted by atomic mass is 9.99. The average Bonchev–Trinajstić information content (AvgIpc) is 2.27. The Balaban J connectivity index is 2.90. The lowest BCUT2D eigenvalue weighted by Crippen LogP contribution is -2.33. The van der Waals surface area contributed by atoms with Crippen LogP contribution in [0.15, 0.2) is 18.2 Å². The molecule has 6 heteroatoms. The number of halogens is 2. The van der Waals surface area contributed by atoms with Gasteiger partial charge in [0, 0.05) is 0 Å². The summed E-state index contributed by atoms with van der Waals surface area (Å²) in [5, 5.41) is 9.86. The molecule has 0 spiro atoms. The molecule has 1 aromatic rings. The van der Waals surface area contributed by atoms with Crippen molar-refractivity contribution in [2.45, 2.75) is 32.8 Å². The van der Waals surface area contributed by atoms with Gasteiger partial charge < -0.3 is 9.84 Å². The predicted molar refractivity (Wildman–Crippen MR) is 77.1 cm³/mol. The Morgan fingerprint density at radius 3 is 2.30 bits per heavy atom. The molecule has 4 nitrogen and oxygen atoms in total. The first kappa shape index (κ1) is 16.8. The third-order valence-electron chi connectivity index (χ3n) is 2.41. The van der Waals surface area contributed by atoms with Gasteiger partial charge in [-0.25, -0.2) is 0 Å². The number of benzene rings is 1. The molecule has 1 aromatic carbocycles. The van der Waals surface area contributed by atoms with E-state index in [0.717, 1.165) is 0 Å². The SMILES string of the molecule is CC(C)(C)OC(=O)[C@@H](Cc1ccc(Cl)c(Cl)c1)C(=O)O. The van der Waals surface area contributed by atoms with Gasteiger partial charge in [0.1, 0.15) is 5.60 Å². The number of carbonyl (C=O) groups excluding carboxylic acids is 1. The first-order chi connectivity index (χ1) is 9.10. The summed E-state index contributed by atoms with van der Waals surface area (Å²) in [6, 6.07) is 4.74. The highest BCUT2D eigenvalue weighted by Gasteiger charge is 2.31. The van der Waals surface area contributed by atoms with Gasteiger partial charge in [0.25, 0.3) is 0 Å². The lowest BCUT2D eigenvalue weighted by molar-refractivity contribution is -0.166. The molecule has 0 bridgehead atoms. The van der Waals surface area contributed by atoms with E-state index in [1.165, 1.54) is 0 Å². The fourth-order valence-electron chi connectivity index (χ4n) is 1.55. The third-order valence-corrected chi connectivity index (χ3v) is 3.15. The van der Waals surface area contributed by atoms with Crippen LogP contribution in [0.2, 0.25) is 10.0 Å². The smallest absolute Gasteiger partial charge is 0.321 e. The number of ether oxygens (including phenoxy) is 1. The molecule has 0 aliphatic rings. The van der Waals surface area contributed by atoms with Gasteiger partial charge in [-0.15, -0.1) is 0 Å². The van der Waals surface area contributed by atoms with Gasteiger partial charge in [0.15, 0.2) is 5.92 Å². The third kappa shape index (κ3) is 5.02. The lowest BCUT2D eigenvalue weighted by Gasteiger charge is -2.22. The summed E-state index contributed by atoms with van der Waals surface area (Å²) in [6.45, 7) is 5.05. The molecule has 0 unspecified atom stereocenters. The van der Waals surface area contributed by atoms with Gasteiger partial charge in [-0.2, -0.15) is 0 Å². The zero-order valence-electron chi connectivity index (χ0n) is 11.4. The van der Waals surface area contributed by atoms with Crippen molar-refractivity contribution in [3.8, 4) is 0 Å². The summed E-state index contributed by atoms with van der Waals surface area (Å²) in [6.07, 6.45) is 0.00113. The van der Waals surface area contributed by atoms with Gasteiger partial charge in [-0.3, -0.25) is 9.59 Å². The molecule has 0 aromatic heterocycles. The van der Waals surface area contributed by atoms with Gasteiger partial charge in [0.05, 0.1) is 10.0 Å². The molecular formula is C14H16Cl2O4. The fourth-order valence-corrected chi connectivity index (χ4v) is 1.87. The number of hydrogen-bond donors (Lipinski definition) is 1. The molecule has 1 atom stereocenters. The van der Waals surface area contributed by atoms with Crippen molar-refractivity contribution in [1.29, 1.82) is 0 Å². The van der Waals surface area contributed by atoms with Crippen LogP contribution in [0.1, 0.15) is 26.3 Å². The molecule has 0 saturated heterocycles. The van der Waals surface area contributed by atoms with Crippen molar-refractivity contribution in [3.63, 3.8) is 0 Å². The number of carboxylic acids is 1. The summed E-state index contributed by atoms with van der Waals surface area (Å²) in [4.78, 5) is 23.1. The number of carbonyl (C=O) groups is 2. The molecule has 0 amide bonds. The van der Waals surface area contributed by atoms with Crippen molar-refractivity contribution in [2.24, 2.45) is 5.92 Å². The van der Waals surface area contributed by atoms with E-state index in [2.05, 4.69) is 0 Å². The van der Waals surface area contributed by atoms with Crippen LogP contribution < -0.4 is 0 Å². The Kier molecular flexibility index (Phi) is 5.42. The number of esters is 1. The highest BCUT2D eigenvalue weighted by molar-refractivity contribution is 6.42. The van der Waals surface area contributed by atoms with E-state index in [0.29, 0.717) is 15.6 Å². The highest BCUT2D eigenvalue weighted by Crippen LogP contribution is 2.24.